The Labute approximate surface area is 119 Å². The molecule has 0 spiro atoms. The van der Waals surface area contributed by atoms with Crippen LogP contribution < -0.4 is 10.1 Å². The van der Waals surface area contributed by atoms with E-state index < -0.39 is 23.3 Å². The summed E-state index contributed by atoms with van der Waals surface area (Å²) >= 11 is 0. The van der Waals surface area contributed by atoms with Crippen LogP contribution in [-0.2, 0) is 4.79 Å². The molecule has 0 aliphatic heterocycles. The van der Waals surface area contributed by atoms with Crippen LogP contribution in [0.1, 0.15) is 0 Å². The van der Waals surface area contributed by atoms with E-state index in [0.717, 1.165) is 6.07 Å². The average Bonchev–Trinajstić information content (AvgIpc) is 2.45. The molecule has 0 atom stereocenters. The van der Waals surface area contributed by atoms with E-state index >= 15 is 0 Å². The second-order valence-electron chi connectivity index (χ2n) is 4.07. The third-order valence-electron chi connectivity index (χ3n) is 2.53. The molecule has 0 bridgehead atoms. The van der Waals surface area contributed by atoms with E-state index in [1.165, 1.54) is 36.4 Å². The van der Waals surface area contributed by atoms with Crippen molar-refractivity contribution in [3.63, 3.8) is 0 Å². The number of ether oxygens (including phenoxy) is 1. The molecule has 21 heavy (non-hydrogen) atoms. The van der Waals surface area contributed by atoms with E-state index in [-0.39, 0.29) is 17.1 Å². The number of nitrogens with zero attached hydrogens (tertiary/aromatic N) is 1. The van der Waals surface area contributed by atoms with Crippen LogP contribution in [0, 0.1) is 15.9 Å². The minimum absolute atomic E-state index is 0.00288. The molecule has 7 heteroatoms. The summed E-state index contributed by atoms with van der Waals surface area (Å²) in [6.45, 7) is -0.415. The van der Waals surface area contributed by atoms with Gasteiger partial charge in [-0.25, -0.2) is 4.39 Å². The third kappa shape index (κ3) is 4.00. The molecule has 0 radical (unpaired) electrons. The topological polar surface area (TPSA) is 81.5 Å². The van der Waals surface area contributed by atoms with Crippen LogP contribution in [0.2, 0.25) is 0 Å². The number of hydrogen-bond acceptors (Lipinski definition) is 4. The minimum Gasteiger partial charge on any atom is -0.477 e. The van der Waals surface area contributed by atoms with Crippen molar-refractivity contribution in [3.05, 3.63) is 64.5 Å². The zero-order valence-corrected chi connectivity index (χ0v) is 10.8. The van der Waals surface area contributed by atoms with Crippen LogP contribution in [0.15, 0.2) is 48.5 Å². The summed E-state index contributed by atoms with van der Waals surface area (Å²) < 4.78 is 18.1. The Hall–Kier alpha value is -2.96. The summed E-state index contributed by atoms with van der Waals surface area (Å²) in [6, 6.07) is 11.1. The smallest absolute Gasteiger partial charge is 0.310 e. The fourth-order valence-corrected chi connectivity index (χ4v) is 1.64. The Morgan fingerprint density at radius 1 is 1.24 bits per heavy atom. The summed E-state index contributed by atoms with van der Waals surface area (Å²) in [6.07, 6.45) is 0. The molecule has 0 heterocycles. The molecule has 0 unspecified atom stereocenters. The van der Waals surface area contributed by atoms with Gasteiger partial charge in [-0.15, -0.1) is 0 Å². The number of nitro groups is 1. The quantitative estimate of drug-likeness (QED) is 0.678. The van der Waals surface area contributed by atoms with E-state index in [4.69, 9.17) is 4.74 Å². The number of rotatable bonds is 5. The molecule has 0 aromatic heterocycles. The third-order valence-corrected chi connectivity index (χ3v) is 2.53. The van der Waals surface area contributed by atoms with Gasteiger partial charge in [0.25, 0.3) is 5.91 Å². The number of nitro benzene ring substituents is 1. The van der Waals surface area contributed by atoms with Crippen LogP contribution in [-0.4, -0.2) is 17.4 Å². The van der Waals surface area contributed by atoms with E-state index in [0.29, 0.717) is 0 Å². The summed E-state index contributed by atoms with van der Waals surface area (Å²) in [7, 11) is 0. The van der Waals surface area contributed by atoms with E-state index in [1.54, 1.807) is 6.07 Å². The predicted molar refractivity (Wildman–Crippen MR) is 73.6 cm³/mol. The Bertz CT molecular complexity index is 676. The first-order chi connectivity index (χ1) is 10.1. The van der Waals surface area contributed by atoms with E-state index in [1.807, 2.05) is 0 Å². The van der Waals surface area contributed by atoms with Gasteiger partial charge in [0.2, 0.25) is 0 Å². The van der Waals surface area contributed by atoms with Crippen molar-refractivity contribution in [1.29, 1.82) is 0 Å². The average molecular weight is 290 g/mol. The largest absolute Gasteiger partial charge is 0.477 e. The molecule has 0 saturated carbocycles. The van der Waals surface area contributed by atoms with Gasteiger partial charge in [0, 0.05) is 11.8 Å². The molecule has 2 aromatic carbocycles. The summed E-state index contributed by atoms with van der Waals surface area (Å²) in [4.78, 5) is 21.8. The highest BCUT2D eigenvalue weighted by Gasteiger charge is 2.14. The first kappa shape index (κ1) is 14.4. The number of halogens is 1. The van der Waals surface area contributed by atoms with Gasteiger partial charge in [0.15, 0.2) is 12.4 Å². The van der Waals surface area contributed by atoms with Crippen LogP contribution in [0.4, 0.5) is 15.8 Å². The van der Waals surface area contributed by atoms with Gasteiger partial charge in [-0.1, -0.05) is 18.2 Å². The second kappa shape index (κ2) is 6.47. The number of anilines is 1. The van der Waals surface area contributed by atoms with Crippen LogP contribution in [0.5, 0.6) is 5.75 Å². The Morgan fingerprint density at radius 2 is 2.00 bits per heavy atom. The Morgan fingerprint density at radius 3 is 2.71 bits per heavy atom. The number of hydrogen-bond donors (Lipinski definition) is 1. The van der Waals surface area contributed by atoms with Crippen LogP contribution in [0.25, 0.3) is 0 Å². The number of para-hydroxylation sites is 2. The van der Waals surface area contributed by atoms with Crippen molar-refractivity contribution >= 4 is 17.3 Å². The lowest BCUT2D eigenvalue weighted by Crippen LogP contribution is -2.20. The standard InChI is InChI=1S/C14H11FN2O4/c15-10-4-3-5-11(8-10)16-14(18)9-21-13-7-2-1-6-12(13)17(19)20/h1-8H,9H2,(H,16,18). The lowest BCUT2D eigenvalue weighted by molar-refractivity contribution is -0.385. The molecule has 2 aromatic rings. The molecule has 0 fully saturated rings. The monoisotopic (exact) mass is 290 g/mol. The molecular weight excluding hydrogens is 279 g/mol. The molecule has 0 aliphatic rings. The normalized spacial score (nSPS) is 9.95. The van der Waals surface area contributed by atoms with E-state index in [9.17, 15) is 19.3 Å². The van der Waals surface area contributed by atoms with Crippen molar-refractivity contribution in [2.24, 2.45) is 0 Å². The maximum Gasteiger partial charge on any atom is 0.310 e. The van der Waals surface area contributed by atoms with Gasteiger partial charge in [-0.3, -0.25) is 14.9 Å². The highest BCUT2D eigenvalue weighted by Crippen LogP contribution is 2.25. The predicted octanol–water partition coefficient (Wildman–Crippen LogP) is 2.75. The van der Waals surface area contributed by atoms with Crippen molar-refractivity contribution in [2.45, 2.75) is 0 Å². The molecule has 1 amide bonds. The highest BCUT2D eigenvalue weighted by atomic mass is 19.1. The number of carbonyl (C=O) groups is 1. The molecule has 2 rings (SSSR count). The molecule has 1 N–H and O–H groups in total. The van der Waals surface area contributed by atoms with E-state index in [2.05, 4.69) is 5.32 Å². The van der Waals surface area contributed by atoms with Gasteiger partial charge in [-0.2, -0.15) is 0 Å². The van der Waals surface area contributed by atoms with Gasteiger partial charge < -0.3 is 10.1 Å². The molecule has 0 aliphatic carbocycles. The lowest BCUT2D eigenvalue weighted by atomic mass is 10.3. The fraction of sp³-hybridized carbons (Fsp3) is 0.0714. The van der Waals surface area contributed by atoms with Gasteiger partial charge in [0.1, 0.15) is 5.82 Å². The van der Waals surface area contributed by atoms with Crippen molar-refractivity contribution in [3.8, 4) is 5.75 Å². The molecule has 108 valence electrons. The number of amides is 1. The number of carbonyl (C=O) groups excluding carboxylic acids is 1. The maximum atomic E-state index is 13.0. The Balaban J connectivity index is 1.97. The fourth-order valence-electron chi connectivity index (χ4n) is 1.64. The highest BCUT2D eigenvalue weighted by molar-refractivity contribution is 5.91. The van der Waals surface area contributed by atoms with Crippen molar-refractivity contribution in [1.82, 2.24) is 0 Å². The van der Waals surface area contributed by atoms with Crippen molar-refractivity contribution < 1.29 is 18.8 Å². The zero-order valence-electron chi connectivity index (χ0n) is 10.8. The van der Waals surface area contributed by atoms with Gasteiger partial charge in [-0.05, 0) is 24.3 Å². The summed E-state index contributed by atoms with van der Waals surface area (Å²) in [5.41, 5.74) is 0.0576. The molecule has 0 saturated heterocycles. The van der Waals surface area contributed by atoms with Gasteiger partial charge in [0.05, 0.1) is 4.92 Å². The summed E-state index contributed by atoms with van der Waals surface area (Å²) in [5, 5.41) is 13.2. The van der Waals surface area contributed by atoms with Gasteiger partial charge >= 0.3 is 5.69 Å². The first-order valence-electron chi connectivity index (χ1n) is 5.98. The maximum absolute atomic E-state index is 13.0. The number of nitrogens with one attached hydrogen (secondary N) is 1. The number of benzene rings is 2. The van der Waals surface area contributed by atoms with Crippen LogP contribution in [0.3, 0.4) is 0 Å². The minimum atomic E-state index is -0.597. The SMILES string of the molecule is O=C(COc1ccccc1[N+](=O)[O-])Nc1cccc(F)c1. The summed E-state index contributed by atoms with van der Waals surface area (Å²) in [5.74, 6) is -1.02. The first-order valence-corrected chi connectivity index (χ1v) is 5.98. The Kier molecular flexibility index (Phi) is 4.45. The van der Waals surface area contributed by atoms with Crippen LogP contribution >= 0.6 is 0 Å². The van der Waals surface area contributed by atoms with Crippen molar-refractivity contribution in [2.75, 3.05) is 11.9 Å². The second-order valence-corrected chi connectivity index (χ2v) is 4.07. The molecular formula is C14H11FN2O4. The lowest BCUT2D eigenvalue weighted by Gasteiger charge is -2.07. The zero-order chi connectivity index (χ0) is 15.2. The molecule has 6 nitrogen and oxygen atoms in total.